The van der Waals surface area contributed by atoms with Crippen LogP contribution in [0.4, 0.5) is 10.6 Å². The molecule has 2 aromatic rings. The van der Waals surface area contributed by atoms with E-state index in [1.165, 1.54) is 0 Å². The molecule has 0 spiro atoms. The Morgan fingerprint density at radius 2 is 2.00 bits per heavy atom. The summed E-state index contributed by atoms with van der Waals surface area (Å²) in [5.74, 6) is 0.695. The second-order valence-corrected chi connectivity index (χ2v) is 8.65. The van der Waals surface area contributed by atoms with Gasteiger partial charge in [-0.3, -0.25) is 4.90 Å². The highest BCUT2D eigenvalue weighted by molar-refractivity contribution is 5.69. The zero-order valence-electron chi connectivity index (χ0n) is 16.5. The Hall–Kier alpha value is -2.31. The topological polar surface area (TPSA) is 85.8 Å². The molecule has 1 amide bonds. The van der Waals surface area contributed by atoms with Gasteiger partial charge >= 0.3 is 6.09 Å². The van der Waals surface area contributed by atoms with Gasteiger partial charge in [-0.05, 0) is 65.7 Å². The number of rotatable bonds is 1. The van der Waals surface area contributed by atoms with Gasteiger partial charge in [0.1, 0.15) is 11.4 Å². The number of nitrogens with two attached hydrogens (primary N) is 1. The Morgan fingerprint density at radius 1 is 1.22 bits per heavy atom. The molecule has 1 fully saturated rings. The van der Waals surface area contributed by atoms with E-state index in [2.05, 4.69) is 0 Å². The highest BCUT2D eigenvalue weighted by Gasteiger charge is 2.33. The fourth-order valence-electron chi connectivity index (χ4n) is 4.14. The van der Waals surface area contributed by atoms with E-state index in [-0.39, 0.29) is 12.1 Å². The number of fused-ring (bicyclic) bond motifs is 2. The van der Waals surface area contributed by atoms with Crippen LogP contribution in [0.25, 0.3) is 5.65 Å². The number of likely N-dealkylation sites (tertiary alicyclic amines) is 1. The van der Waals surface area contributed by atoms with E-state index in [1.54, 1.807) is 4.52 Å². The number of carbonyl (C=O) groups is 1. The van der Waals surface area contributed by atoms with Gasteiger partial charge in [-0.1, -0.05) is 0 Å². The third-order valence-electron chi connectivity index (χ3n) is 5.41. The largest absolute Gasteiger partial charge is 0.444 e. The minimum absolute atomic E-state index is 0.0910. The van der Waals surface area contributed by atoms with Crippen LogP contribution in [0.3, 0.4) is 0 Å². The van der Waals surface area contributed by atoms with Crippen molar-refractivity contribution in [2.75, 3.05) is 12.3 Å². The maximum absolute atomic E-state index is 12.7. The lowest BCUT2D eigenvalue weighted by Crippen LogP contribution is -2.42. The van der Waals surface area contributed by atoms with Crippen molar-refractivity contribution in [3.63, 3.8) is 0 Å². The standard InChI is InChI=1S/C20H29N5O2/c1-20(2,3)27-19(26)24-11-7-6-10-16(24)15-12-17-22-14-9-5-4-8-13(14)18(21)25(17)23-15/h12,16H,4-11,21H2,1-3H3. The van der Waals surface area contributed by atoms with Crippen molar-refractivity contribution in [2.24, 2.45) is 0 Å². The van der Waals surface area contributed by atoms with E-state index >= 15 is 0 Å². The summed E-state index contributed by atoms with van der Waals surface area (Å²) in [6, 6.07) is 1.89. The number of ether oxygens (including phenoxy) is 1. The van der Waals surface area contributed by atoms with Gasteiger partial charge in [0.05, 0.1) is 11.7 Å². The molecule has 3 heterocycles. The molecule has 1 atom stereocenters. The fraction of sp³-hybridized carbons (Fsp3) is 0.650. The first kappa shape index (κ1) is 18.1. The lowest BCUT2D eigenvalue weighted by Gasteiger charge is -2.35. The number of amides is 1. The van der Waals surface area contributed by atoms with E-state index in [0.717, 1.165) is 67.5 Å². The third-order valence-corrected chi connectivity index (χ3v) is 5.41. The second kappa shape index (κ2) is 6.69. The number of hydrogen-bond donors (Lipinski definition) is 1. The normalized spacial score (nSPS) is 20.6. The summed E-state index contributed by atoms with van der Waals surface area (Å²) in [6.07, 6.45) is 6.90. The van der Waals surface area contributed by atoms with E-state index < -0.39 is 5.60 Å². The van der Waals surface area contributed by atoms with E-state index in [4.69, 9.17) is 20.6 Å². The third kappa shape index (κ3) is 3.47. The van der Waals surface area contributed by atoms with Gasteiger partial charge in [-0.25, -0.2) is 9.78 Å². The van der Waals surface area contributed by atoms with Crippen molar-refractivity contribution in [2.45, 2.75) is 77.4 Å². The Morgan fingerprint density at radius 3 is 2.78 bits per heavy atom. The molecular formula is C20H29N5O2. The van der Waals surface area contributed by atoms with E-state index in [0.29, 0.717) is 12.4 Å². The molecule has 27 heavy (non-hydrogen) atoms. The van der Waals surface area contributed by atoms with Gasteiger partial charge in [0, 0.05) is 23.9 Å². The van der Waals surface area contributed by atoms with Crippen LogP contribution in [-0.4, -0.2) is 37.7 Å². The van der Waals surface area contributed by atoms with Gasteiger partial charge < -0.3 is 10.5 Å². The average molecular weight is 371 g/mol. The van der Waals surface area contributed by atoms with Crippen LogP contribution in [0.1, 0.15) is 75.9 Å². The Labute approximate surface area is 159 Å². The van der Waals surface area contributed by atoms with E-state index in [1.807, 2.05) is 31.7 Å². The van der Waals surface area contributed by atoms with Crippen LogP contribution in [0, 0.1) is 0 Å². The first-order valence-corrected chi connectivity index (χ1v) is 10.00. The summed E-state index contributed by atoms with van der Waals surface area (Å²) in [7, 11) is 0. The van der Waals surface area contributed by atoms with Crippen molar-refractivity contribution in [1.29, 1.82) is 0 Å². The van der Waals surface area contributed by atoms with Crippen molar-refractivity contribution in [3.05, 3.63) is 23.0 Å². The molecular weight excluding hydrogens is 342 g/mol. The summed E-state index contributed by atoms with van der Waals surface area (Å²) in [5.41, 5.74) is 9.77. The quantitative estimate of drug-likeness (QED) is 0.827. The summed E-state index contributed by atoms with van der Waals surface area (Å²) in [6.45, 7) is 6.37. The minimum Gasteiger partial charge on any atom is -0.444 e. The van der Waals surface area contributed by atoms with Crippen molar-refractivity contribution >= 4 is 17.6 Å². The highest BCUT2D eigenvalue weighted by atomic mass is 16.6. The van der Waals surface area contributed by atoms with Crippen LogP contribution in [0.2, 0.25) is 0 Å². The van der Waals surface area contributed by atoms with E-state index in [9.17, 15) is 4.79 Å². The van der Waals surface area contributed by atoms with Crippen molar-refractivity contribution < 1.29 is 9.53 Å². The SMILES string of the molecule is CC(C)(C)OC(=O)N1CCCCC1c1cc2nc3c(c(N)n2n1)CCCC3. The number of anilines is 1. The van der Waals surface area contributed by atoms with Crippen LogP contribution < -0.4 is 5.73 Å². The predicted molar refractivity (Wildman–Crippen MR) is 104 cm³/mol. The molecule has 7 heteroatoms. The Kier molecular flexibility index (Phi) is 4.48. The molecule has 2 N–H and O–H groups in total. The van der Waals surface area contributed by atoms with Crippen molar-refractivity contribution in [1.82, 2.24) is 19.5 Å². The first-order valence-electron chi connectivity index (χ1n) is 10.00. The second-order valence-electron chi connectivity index (χ2n) is 8.65. The molecule has 2 aromatic heterocycles. The molecule has 7 nitrogen and oxygen atoms in total. The zero-order valence-corrected chi connectivity index (χ0v) is 16.5. The molecule has 1 unspecified atom stereocenters. The number of carbonyl (C=O) groups excluding carboxylic acids is 1. The molecule has 0 saturated carbocycles. The molecule has 0 bridgehead atoms. The zero-order chi connectivity index (χ0) is 19.2. The summed E-state index contributed by atoms with van der Waals surface area (Å²) < 4.78 is 7.37. The smallest absolute Gasteiger partial charge is 0.410 e. The number of nitrogen functional groups attached to an aromatic ring is 1. The number of nitrogens with zero attached hydrogens (tertiary/aromatic N) is 4. The molecule has 1 saturated heterocycles. The molecule has 0 radical (unpaired) electrons. The monoisotopic (exact) mass is 371 g/mol. The summed E-state index contributed by atoms with van der Waals surface area (Å²) in [4.78, 5) is 19.3. The molecule has 4 rings (SSSR count). The maximum atomic E-state index is 12.7. The first-order chi connectivity index (χ1) is 12.8. The number of aryl methyl sites for hydroxylation is 1. The molecule has 2 aliphatic rings. The van der Waals surface area contributed by atoms with Crippen LogP contribution in [-0.2, 0) is 17.6 Å². The van der Waals surface area contributed by atoms with Gasteiger partial charge in [0.25, 0.3) is 0 Å². The Balaban J connectivity index is 1.69. The molecule has 146 valence electrons. The summed E-state index contributed by atoms with van der Waals surface area (Å²) in [5, 5.41) is 4.75. The summed E-state index contributed by atoms with van der Waals surface area (Å²) >= 11 is 0. The molecule has 1 aliphatic heterocycles. The Bertz CT molecular complexity index is 867. The van der Waals surface area contributed by atoms with Crippen LogP contribution in [0.5, 0.6) is 0 Å². The maximum Gasteiger partial charge on any atom is 0.410 e. The lowest BCUT2D eigenvalue weighted by molar-refractivity contribution is 0.00898. The van der Waals surface area contributed by atoms with Gasteiger partial charge in [-0.2, -0.15) is 9.61 Å². The minimum atomic E-state index is -0.511. The van der Waals surface area contributed by atoms with Crippen molar-refractivity contribution in [3.8, 4) is 0 Å². The van der Waals surface area contributed by atoms with Crippen LogP contribution in [0.15, 0.2) is 6.07 Å². The fourth-order valence-corrected chi connectivity index (χ4v) is 4.14. The van der Waals surface area contributed by atoms with Gasteiger partial charge in [0.15, 0.2) is 5.65 Å². The van der Waals surface area contributed by atoms with Crippen LogP contribution >= 0.6 is 0 Å². The lowest BCUT2D eigenvalue weighted by atomic mass is 9.96. The predicted octanol–water partition coefficient (Wildman–Crippen LogP) is 3.65. The van der Waals surface area contributed by atoms with Gasteiger partial charge in [-0.15, -0.1) is 0 Å². The number of piperidine rings is 1. The highest BCUT2D eigenvalue weighted by Crippen LogP contribution is 2.33. The molecule has 1 aliphatic carbocycles. The van der Waals surface area contributed by atoms with Gasteiger partial charge in [0.2, 0.25) is 0 Å². The number of aromatic nitrogens is 3. The average Bonchev–Trinajstić information content (AvgIpc) is 3.05. The molecule has 0 aromatic carbocycles. The number of hydrogen-bond acceptors (Lipinski definition) is 5.